The maximum Gasteiger partial charge on any atom is 0.411 e. The molecule has 0 aliphatic rings. The molecule has 1 N–H and O–H groups in total. The molecule has 1 heterocycles. The minimum absolute atomic E-state index is 0.171. The molecule has 0 aromatic carbocycles. The van der Waals surface area contributed by atoms with E-state index >= 15 is 0 Å². The van der Waals surface area contributed by atoms with Gasteiger partial charge in [-0.05, 0) is 0 Å². The zero-order valence-corrected chi connectivity index (χ0v) is 10.6. The molecule has 0 aliphatic heterocycles. The van der Waals surface area contributed by atoms with E-state index in [0.717, 1.165) is 0 Å². The van der Waals surface area contributed by atoms with Crippen LogP contribution >= 0.6 is 11.3 Å². The van der Waals surface area contributed by atoms with E-state index in [1.807, 2.05) is 0 Å². The van der Waals surface area contributed by atoms with Gasteiger partial charge < -0.3 is 14.8 Å². The molecule has 0 bridgehead atoms. The number of hydrogen-bond acceptors (Lipinski definition) is 6. The highest BCUT2D eigenvalue weighted by Crippen LogP contribution is 2.16. The third-order valence-corrected chi connectivity index (χ3v) is 2.66. The summed E-state index contributed by atoms with van der Waals surface area (Å²) in [5.41, 5.74) is 0. The summed E-state index contributed by atoms with van der Waals surface area (Å²) >= 11 is 1.22. The molecule has 0 saturated heterocycles. The Kier molecular flexibility index (Phi) is 6.47. The lowest BCUT2D eigenvalue weighted by atomic mass is 10.6. The van der Waals surface area contributed by atoms with Crippen molar-refractivity contribution in [1.29, 1.82) is 0 Å². The van der Waals surface area contributed by atoms with Gasteiger partial charge in [0.05, 0.1) is 6.61 Å². The monoisotopic (exact) mass is 285 g/mol. The first kappa shape index (κ1) is 15.3. The minimum atomic E-state index is -4.31. The van der Waals surface area contributed by atoms with Crippen molar-refractivity contribution in [3.05, 3.63) is 10.0 Å². The highest BCUT2D eigenvalue weighted by molar-refractivity contribution is 7.11. The van der Waals surface area contributed by atoms with Crippen molar-refractivity contribution in [2.45, 2.75) is 19.3 Å². The first-order valence-corrected chi connectivity index (χ1v) is 5.98. The largest absolute Gasteiger partial charge is 0.411 e. The quantitative estimate of drug-likeness (QED) is 0.731. The van der Waals surface area contributed by atoms with Crippen molar-refractivity contribution in [2.24, 2.45) is 0 Å². The molecule has 5 nitrogen and oxygen atoms in total. The Balaban J connectivity index is 2.21. The average Bonchev–Trinajstić information content (AvgIpc) is 2.71. The van der Waals surface area contributed by atoms with Gasteiger partial charge in [-0.2, -0.15) is 13.2 Å². The van der Waals surface area contributed by atoms with Crippen LogP contribution in [-0.4, -0.2) is 43.2 Å². The van der Waals surface area contributed by atoms with Crippen LogP contribution in [0.5, 0.6) is 0 Å². The summed E-state index contributed by atoms with van der Waals surface area (Å²) in [6.07, 6.45) is -4.31. The van der Waals surface area contributed by atoms with Crippen LogP contribution in [0, 0.1) is 0 Å². The van der Waals surface area contributed by atoms with Crippen molar-refractivity contribution in [3.8, 4) is 0 Å². The Morgan fingerprint density at radius 2 is 2.00 bits per heavy atom. The van der Waals surface area contributed by atoms with Crippen LogP contribution in [0.15, 0.2) is 0 Å². The molecule has 0 unspecified atom stereocenters. The van der Waals surface area contributed by atoms with Gasteiger partial charge in [-0.1, -0.05) is 11.3 Å². The second kappa shape index (κ2) is 7.62. The van der Waals surface area contributed by atoms with Gasteiger partial charge in [0.25, 0.3) is 0 Å². The highest BCUT2D eigenvalue weighted by Gasteiger charge is 2.27. The molecule has 0 amide bonds. The Labute approximate surface area is 106 Å². The van der Waals surface area contributed by atoms with E-state index in [9.17, 15) is 13.2 Å². The van der Waals surface area contributed by atoms with Gasteiger partial charge in [0, 0.05) is 20.2 Å². The SMILES string of the molecule is COCCNCc1nnc(COCC(F)(F)F)s1. The van der Waals surface area contributed by atoms with E-state index in [1.54, 1.807) is 7.11 Å². The van der Waals surface area contributed by atoms with Gasteiger partial charge >= 0.3 is 6.18 Å². The molecule has 0 radical (unpaired) electrons. The van der Waals surface area contributed by atoms with Gasteiger partial charge in [-0.15, -0.1) is 10.2 Å². The van der Waals surface area contributed by atoms with Crippen LogP contribution in [0.3, 0.4) is 0 Å². The number of alkyl halides is 3. The lowest BCUT2D eigenvalue weighted by Gasteiger charge is -2.04. The fraction of sp³-hybridized carbons (Fsp3) is 0.778. The summed E-state index contributed by atoms with van der Waals surface area (Å²) in [6.45, 7) is 0.333. The van der Waals surface area contributed by atoms with Crippen molar-refractivity contribution in [1.82, 2.24) is 15.5 Å². The number of rotatable bonds is 8. The normalized spacial score (nSPS) is 12.0. The number of nitrogens with one attached hydrogen (secondary N) is 1. The molecular formula is C9H14F3N3O2S. The summed E-state index contributed by atoms with van der Waals surface area (Å²) in [5, 5.41) is 11.8. The molecule has 1 aromatic heterocycles. The number of methoxy groups -OCH3 is 1. The summed E-state index contributed by atoms with van der Waals surface area (Å²) in [4.78, 5) is 0. The number of hydrogen-bond donors (Lipinski definition) is 1. The van der Waals surface area contributed by atoms with Crippen LogP contribution in [-0.2, 0) is 22.6 Å². The Morgan fingerprint density at radius 1 is 1.28 bits per heavy atom. The third-order valence-electron chi connectivity index (χ3n) is 1.76. The first-order chi connectivity index (χ1) is 8.51. The molecule has 9 heteroatoms. The topological polar surface area (TPSA) is 56.3 Å². The van der Waals surface area contributed by atoms with Crippen LogP contribution in [0.25, 0.3) is 0 Å². The maximum atomic E-state index is 11.8. The van der Waals surface area contributed by atoms with Crippen LogP contribution in [0.4, 0.5) is 13.2 Å². The van der Waals surface area contributed by atoms with Crippen molar-refractivity contribution < 1.29 is 22.6 Å². The molecule has 0 aliphatic carbocycles. The third kappa shape index (κ3) is 6.84. The fourth-order valence-corrected chi connectivity index (χ4v) is 1.79. The molecule has 18 heavy (non-hydrogen) atoms. The number of halogens is 3. The van der Waals surface area contributed by atoms with E-state index in [-0.39, 0.29) is 6.61 Å². The lowest BCUT2D eigenvalue weighted by Crippen LogP contribution is -2.18. The predicted octanol–water partition coefficient (Wildman–Crippen LogP) is 1.35. The molecule has 1 aromatic rings. The lowest BCUT2D eigenvalue weighted by molar-refractivity contribution is -0.176. The number of ether oxygens (including phenoxy) is 2. The van der Waals surface area contributed by atoms with E-state index in [4.69, 9.17) is 4.74 Å². The van der Waals surface area contributed by atoms with Gasteiger partial charge in [-0.3, -0.25) is 0 Å². The van der Waals surface area contributed by atoms with Gasteiger partial charge in [0.1, 0.15) is 23.2 Å². The zero-order valence-electron chi connectivity index (χ0n) is 9.79. The Hall–Kier alpha value is -0.770. The van der Waals surface area contributed by atoms with Crippen molar-refractivity contribution in [3.63, 3.8) is 0 Å². The standard InChI is InChI=1S/C9H14F3N3O2S/c1-16-3-2-13-4-7-14-15-8(18-7)5-17-6-9(10,11)12/h13H,2-6H2,1H3. The van der Waals surface area contributed by atoms with Gasteiger partial charge in [-0.25, -0.2) is 0 Å². The number of nitrogens with zero attached hydrogens (tertiary/aromatic N) is 2. The molecule has 0 saturated carbocycles. The highest BCUT2D eigenvalue weighted by atomic mass is 32.1. The minimum Gasteiger partial charge on any atom is -0.383 e. The zero-order chi connectivity index (χ0) is 13.4. The predicted molar refractivity (Wildman–Crippen MR) is 59.2 cm³/mol. The smallest absolute Gasteiger partial charge is 0.383 e. The summed E-state index contributed by atoms with van der Waals surface area (Å²) in [7, 11) is 1.60. The van der Waals surface area contributed by atoms with E-state index in [0.29, 0.717) is 29.7 Å². The fourth-order valence-electron chi connectivity index (χ4n) is 1.04. The summed E-state index contributed by atoms with van der Waals surface area (Å²) in [5.74, 6) is 0. The van der Waals surface area contributed by atoms with Crippen molar-refractivity contribution in [2.75, 3.05) is 26.9 Å². The second-order valence-electron chi connectivity index (χ2n) is 3.37. The first-order valence-electron chi connectivity index (χ1n) is 5.16. The maximum absolute atomic E-state index is 11.8. The molecule has 104 valence electrons. The Morgan fingerprint density at radius 3 is 2.67 bits per heavy atom. The van der Waals surface area contributed by atoms with E-state index in [2.05, 4.69) is 20.3 Å². The average molecular weight is 285 g/mol. The Bertz CT molecular complexity index is 346. The van der Waals surface area contributed by atoms with Gasteiger partial charge in [0.15, 0.2) is 0 Å². The number of aromatic nitrogens is 2. The van der Waals surface area contributed by atoms with E-state index in [1.165, 1.54) is 11.3 Å². The molecule has 0 fully saturated rings. The second-order valence-corrected chi connectivity index (χ2v) is 4.51. The van der Waals surface area contributed by atoms with Crippen LogP contribution < -0.4 is 5.32 Å². The van der Waals surface area contributed by atoms with Crippen molar-refractivity contribution >= 4 is 11.3 Å². The van der Waals surface area contributed by atoms with Crippen LogP contribution in [0.2, 0.25) is 0 Å². The summed E-state index contributed by atoms with van der Waals surface area (Å²) in [6, 6.07) is 0. The van der Waals surface area contributed by atoms with E-state index < -0.39 is 12.8 Å². The molecule has 1 rings (SSSR count). The van der Waals surface area contributed by atoms with Gasteiger partial charge in [0.2, 0.25) is 0 Å². The van der Waals surface area contributed by atoms with Crippen LogP contribution in [0.1, 0.15) is 10.0 Å². The molecule has 0 spiro atoms. The summed E-state index contributed by atoms with van der Waals surface area (Å²) < 4.78 is 44.8. The molecular weight excluding hydrogens is 271 g/mol. The molecule has 0 atom stereocenters.